The van der Waals surface area contributed by atoms with Crippen molar-refractivity contribution in [1.29, 1.82) is 0 Å². The van der Waals surface area contributed by atoms with E-state index >= 15 is 0 Å². The Morgan fingerprint density at radius 3 is 2.90 bits per heavy atom. The van der Waals surface area contributed by atoms with Gasteiger partial charge in [-0.15, -0.1) is 0 Å². The first-order valence-corrected chi connectivity index (χ1v) is 8.06. The van der Waals surface area contributed by atoms with Gasteiger partial charge in [0.2, 0.25) is 0 Å². The summed E-state index contributed by atoms with van der Waals surface area (Å²) in [6.07, 6.45) is 6.07. The van der Waals surface area contributed by atoms with Gasteiger partial charge in [0.1, 0.15) is 5.75 Å². The van der Waals surface area contributed by atoms with Gasteiger partial charge >= 0.3 is 0 Å². The Morgan fingerprint density at radius 1 is 1.35 bits per heavy atom. The lowest BCUT2D eigenvalue weighted by molar-refractivity contribution is 0.347. The number of halogens is 1. The van der Waals surface area contributed by atoms with E-state index in [1.807, 2.05) is 12.1 Å². The topological polar surface area (TPSA) is 47.3 Å². The zero-order valence-corrected chi connectivity index (χ0v) is 12.3. The van der Waals surface area contributed by atoms with Crippen LogP contribution in [0.3, 0.4) is 0 Å². The SMILES string of the molecule is NNC(Cc1cc(Cl)cc2c1OCC2)C1C2CCCC21. The largest absolute Gasteiger partial charge is 0.493 e. The Kier molecular flexibility index (Phi) is 3.17. The van der Waals surface area contributed by atoms with Crippen molar-refractivity contribution in [3.8, 4) is 5.75 Å². The van der Waals surface area contributed by atoms with Crippen LogP contribution in [0.2, 0.25) is 5.02 Å². The zero-order chi connectivity index (χ0) is 13.7. The summed E-state index contributed by atoms with van der Waals surface area (Å²) in [6, 6.07) is 4.44. The molecule has 4 heteroatoms. The maximum atomic E-state index is 6.24. The molecule has 1 aliphatic heterocycles. The monoisotopic (exact) mass is 292 g/mol. The second-order valence-corrected chi connectivity index (χ2v) is 6.90. The summed E-state index contributed by atoms with van der Waals surface area (Å²) < 4.78 is 5.80. The number of nitrogens with two attached hydrogens (primary N) is 1. The van der Waals surface area contributed by atoms with Gasteiger partial charge in [0.25, 0.3) is 0 Å². The average molecular weight is 293 g/mol. The highest BCUT2D eigenvalue weighted by molar-refractivity contribution is 6.30. The molecule has 2 saturated carbocycles. The number of fused-ring (bicyclic) bond motifs is 2. The number of benzene rings is 1. The minimum absolute atomic E-state index is 0.358. The van der Waals surface area contributed by atoms with Crippen molar-refractivity contribution in [1.82, 2.24) is 5.43 Å². The Morgan fingerprint density at radius 2 is 2.15 bits per heavy atom. The second kappa shape index (κ2) is 4.90. The molecule has 0 bridgehead atoms. The highest BCUT2D eigenvalue weighted by Crippen LogP contribution is 2.59. The molecule has 3 N–H and O–H groups in total. The Balaban J connectivity index is 1.56. The Hall–Kier alpha value is -0.770. The zero-order valence-electron chi connectivity index (χ0n) is 11.6. The first kappa shape index (κ1) is 12.9. The van der Waals surface area contributed by atoms with Crippen molar-refractivity contribution in [3.05, 3.63) is 28.3 Å². The third kappa shape index (κ3) is 2.03. The highest BCUT2D eigenvalue weighted by Gasteiger charge is 2.55. The van der Waals surface area contributed by atoms with Crippen molar-refractivity contribution in [2.45, 2.75) is 38.1 Å². The van der Waals surface area contributed by atoms with Crippen molar-refractivity contribution < 1.29 is 4.74 Å². The van der Waals surface area contributed by atoms with Gasteiger partial charge in [-0.05, 0) is 60.3 Å². The van der Waals surface area contributed by atoms with Gasteiger partial charge in [-0.3, -0.25) is 11.3 Å². The molecule has 1 aromatic carbocycles. The van der Waals surface area contributed by atoms with Crippen LogP contribution in [-0.4, -0.2) is 12.6 Å². The van der Waals surface area contributed by atoms with E-state index in [-0.39, 0.29) is 0 Å². The molecule has 20 heavy (non-hydrogen) atoms. The molecule has 0 aromatic heterocycles. The molecule has 1 aromatic rings. The summed E-state index contributed by atoms with van der Waals surface area (Å²) in [5.41, 5.74) is 5.52. The molecular formula is C16H21ClN2O. The third-order valence-corrected chi connectivity index (χ3v) is 5.63. The van der Waals surface area contributed by atoms with Crippen LogP contribution in [0.4, 0.5) is 0 Å². The van der Waals surface area contributed by atoms with Gasteiger partial charge in [-0.25, -0.2) is 0 Å². The number of hydrogen-bond donors (Lipinski definition) is 2. The molecule has 108 valence electrons. The Bertz CT molecular complexity index is 523. The molecule has 0 spiro atoms. The fourth-order valence-electron chi connectivity index (χ4n) is 4.51. The van der Waals surface area contributed by atoms with Gasteiger partial charge < -0.3 is 4.74 Å². The molecule has 3 aliphatic rings. The predicted molar refractivity (Wildman–Crippen MR) is 79.8 cm³/mol. The minimum Gasteiger partial charge on any atom is -0.493 e. The lowest BCUT2D eigenvalue weighted by atomic mass is 9.96. The van der Waals surface area contributed by atoms with E-state index in [4.69, 9.17) is 22.2 Å². The molecule has 3 unspecified atom stereocenters. The standard InChI is InChI=1S/C16H21ClN2O/c17-11-6-9-4-5-20-16(9)10(7-11)8-14(19-18)15-12-2-1-3-13(12)15/h6-7,12-15,19H,1-5,8,18H2. The van der Waals surface area contributed by atoms with E-state index < -0.39 is 0 Å². The normalized spacial score (nSPS) is 31.6. The van der Waals surface area contributed by atoms with Gasteiger partial charge in [-0.2, -0.15) is 0 Å². The van der Waals surface area contributed by atoms with Gasteiger partial charge in [0.15, 0.2) is 0 Å². The molecule has 2 aliphatic carbocycles. The quantitative estimate of drug-likeness (QED) is 0.662. The molecule has 0 saturated heterocycles. The van der Waals surface area contributed by atoms with Crippen molar-refractivity contribution >= 4 is 11.6 Å². The van der Waals surface area contributed by atoms with E-state index in [9.17, 15) is 0 Å². The molecule has 0 radical (unpaired) electrons. The van der Waals surface area contributed by atoms with Crippen molar-refractivity contribution in [3.63, 3.8) is 0 Å². The number of rotatable bonds is 4. The molecule has 2 fully saturated rings. The van der Waals surface area contributed by atoms with E-state index in [2.05, 4.69) is 5.43 Å². The number of nitrogens with one attached hydrogen (secondary N) is 1. The van der Waals surface area contributed by atoms with Gasteiger partial charge in [0, 0.05) is 17.5 Å². The molecule has 4 rings (SSSR count). The summed E-state index contributed by atoms with van der Waals surface area (Å²) in [6.45, 7) is 0.776. The van der Waals surface area contributed by atoms with Gasteiger partial charge in [0.05, 0.1) is 6.61 Å². The van der Waals surface area contributed by atoms with E-state index in [0.29, 0.717) is 6.04 Å². The smallest absolute Gasteiger partial charge is 0.125 e. The van der Waals surface area contributed by atoms with E-state index in [0.717, 1.165) is 48.0 Å². The van der Waals surface area contributed by atoms with Crippen LogP contribution < -0.4 is 16.0 Å². The van der Waals surface area contributed by atoms with Gasteiger partial charge in [-0.1, -0.05) is 18.0 Å². The van der Waals surface area contributed by atoms with Crippen LogP contribution in [0, 0.1) is 17.8 Å². The second-order valence-electron chi connectivity index (χ2n) is 6.46. The summed E-state index contributed by atoms with van der Waals surface area (Å²) in [5.74, 6) is 9.45. The van der Waals surface area contributed by atoms with Crippen LogP contribution in [0.25, 0.3) is 0 Å². The van der Waals surface area contributed by atoms with Crippen LogP contribution >= 0.6 is 11.6 Å². The first-order chi connectivity index (χ1) is 9.78. The van der Waals surface area contributed by atoms with E-state index in [1.165, 1.54) is 30.4 Å². The summed E-state index contributed by atoms with van der Waals surface area (Å²) in [4.78, 5) is 0. The molecule has 0 amide bonds. The first-order valence-electron chi connectivity index (χ1n) is 7.68. The maximum Gasteiger partial charge on any atom is 0.125 e. The average Bonchev–Trinajstić information content (AvgIpc) is 2.86. The lowest BCUT2D eigenvalue weighted by Crippen LogP contribution is -2.39. The summed E-state index contributed by atoms with van der Waals surface area (Å²) >= 11 is 6.24. The molecule has 1 heterocycles. The third-order valence-electron chi connectivity index (χ3n) is 5.42. The molecular weight excluding hydrogens is 272 g/mol. The molecule has 3 nitrogen and oxygen atoms in total. The number of hydrogen-bond acceptors (Lipinski definition) is 3. The fraction of sp³-hybridized carbons (Fsp3) is 0.625. The minimum atomic E-state index is 0.358. The fourth-order valence-corrected chi connectivity index (χ4v) is 4.78. The number of hydrazine groups is 1. The van der Waals surface area contributed by atoms with Crippen molar-refractivity contribution in [2.75, 3.05) is 6.61 Å². The lowest BCUT2D eigenvalue weighted by Gasteiger charge is -2.19. The van der Waals surface area contributed by atoms with E-state index in [1.54, 1.807) is 0 Å². The van der Waals surface area contributed by atoms with Crippen LogP contribution in [0.15, 0.2) is 12.1 Å². The predicted octanol–water partition coefficient (Wildman–Crippen LogP) is 2.70. The summed E-state index contributed by atoms with van der Waals surface area (Å²) in [5, 5.41) is 0.816. The number of ether oxygens (including phenoxy) is 1. The van der Waals surface area contributed by atoms with Crippen molar-refractivity contribution in [2.24, 2.45) is 23.6 Å². The van der Waals surface area contributed by atoms with Crippen LogP contribution in [0.1, 0.15) is 30.4 Å². The van der Waals surface area contributed by atoms with Crippen LogP contribution in [-0.2, 0) is 12.8 Å². The maximum absolute atomic E-state index is 6.24. The Labute approximate surface area is 124 Å². The highest BCUT2D eigenvalue weighted by atomic mass is 35.5. The summed E-state index contributed by atoms with van der Waals surface area (Å²) in [7, 11) is 0. The molecule has 3 atom stereocenters. The van der Waals surface area contributed by atoms with Crippen LogP contribution in [0.5, 0.6) is 5.75 Å².